The summed E-state index contributed by atoms with van der Waals surface area (Å²) in [5.74, 6) is 1.000. The Labute approximate surface area is 83.4 Å². The zero-order valence-corrected chi connectivity index (χ0v) is 8.22. The highest BCUT2D eigenvalue weighted by molar-refractivity contribution is 5.53. The van der Waals surface area contributed by atoms with E-state index in [1.807, 2.05) is 30.7 Å². The van der Waals surface area contributed by atoms with E-state index in [1.54, 1.807) is 6.20 Å². The molecule has 0 aliphatic heterocycles. The topological polar surface area (TPSA) is 30.7 Å². The fraction of sp³-hybridized carbons (Fsp3) is 0.273. The molecular formula is C11H13N3. The minimum absolute atomic E-state index is 1.000. The van der Waals surface area contributed by atoms with Gasteiger partial charge in [-0.1, -0.05) is 6.92 Å². The summed E-state index contributed by atoms with van der Waals surface area (Å²) in [7, 11) is 0. The lowest BCUT2D eigenvalue weighted by atomic mass is 10.2. The van der Waals surface area contributed by atoms with Crippen molar-refractivity contribution in [2.24, 2.45) is 0 Å². The van der Waals surface area contributed by atoms with Crippen LogP contribution in [0.3, 0.4) is 0 Å². The van der Waals surface area contributed by atoms with Crippen LogP contribution in [0.25, 0.3) is 11.4 Å². The molecule has 0 saturated heterocycles. The number of pyridine rings is 1. The molecule has 0 aliphatic rings. The molecule has 0 aliphatic carbocycles. The van der Waals surface area contributed by atoms with E-state index >= 15 is 0 Å². The Balaban J connectivity index is 2.37. The van der Waals surface area contributed by atoms with Crippen LogP contribution in [-0.4, -0.2) is 14.5 Å². The maximum atomic E-state index is 4.33. The normalized spacial score (nSPS) is 10.4. The average Bonchev–Trinajstić information content (AvgIpc) is 2.68. The summed E-state index contributed by atoms with van der Waals surface area (Å²) in [6.07, 6.45) is 8.57. The minimum Gasteiger partial charge on any atom is -0.331 e. The molecule has 0 amide bonds. The summed E-state index contributed by atoms with van der Waals surface area (Å²) in [4.78, 5) is 8.42. The highest BCUT2D eigenvalue weighted by Gasteiger charge is 2.03. The van der Waals surface area contributed by atoms with Crippen LogP contribution in [-0.2, 0) is 6.54 Å². The van der Waals surface area contributed by atoms with E-state index in [2.05, 4.69) is 21.5 Å². The monoisotopic (exact) mass is 187 g/mol. The van der Waals surface area contributed by atoms with Gasteiger partial charge in [0.05, 0.1) is 0 Å². The molecule has 2 aromatic rings. The van der Waals surface area contributed by atoms with Crippen molar-refractivity contribution in [3.05, 3.63) is 36.9 Å². The van der Waals surface area contributed by atoms with Crippen molar-refractivity contribution in [2.75, 3.05) is 0 Å². The summed E-state index contributed by atoms with van der Waals surface area (Å²) >= 11 is 0. The zero-order valence-electron chi connectivity index (χ0n) is 8.22. The number of nitrogens with zero attached hydrogens (tertiary/aromatic N) is 3. The van der Waals surface area contributed by atoms with E-state index in [0.717, 1.165) is 24.4 Å². The first-order valence-electron chi connectivity index (χ1n) is 4.83. The van der Waals surface area contributed by atoms with Crippen LogP contribution in [0.4, 0.5) is 0 Å². The zero-order chi connectivity index (χ0) is 9.80. The summed E-state index contributed by atoms with van der Waals surface area (Å²) in [5, 5.41) is 0. The Kier molecular flexibility index (Phi) is 2.58. The van der Waals surface area contributed by atoms with Crippen LogP contribution >= 0.6 is 0 Å². The fourth-order valence-electron chi connectivity index (χ4n) is 1.49. The van der Waals surface area contributed by atoms with Crippen molar-refractivity contribution in [2.45, 2.75) is 19.9 Å². The maximum Gasteiger partial charge on any atom is 0.141 e. The van der Waals surface area contributed by atoms with Gasteiger partial charge in [-0.05, 0) is 18.6 Å². The van der Waals surface area contributed by atoms with E-state index < -0.39 is 0 Å². The lowest BCUT2D eigenvalue weighted by Crippen LogP contribution is -1.98. The SMILES string of the molecule is CCCn1ccnc1-c1cccnc1. The molecule has 14 heavy (non-hydrogen) atoms. The molecule has 0 N–H and O–H groups in total. The van der Waals surface area contributed by atoms with E-state index in [4.69, 9.17) is 0 Å². The van der Waals surface area contributed by atoms with Gasteiger partial charge in [-0.25, -0.2) is 4.98 Å². The van der Waals surface area contributed by atoms with E-state index in [1.165, 1.54) is 0 Å². The lowest BCUT2D eigenvalue weighted by Gasteiger charge is -2.04. The highest BCUT2D eigenvalue weighted by Crippen LogP contribution is 2.15. The molecule has 2 rings (SSSR count). The molecule has 2 heterocycles. The minimum atomic E-state index is 1.000. The molecule has 0 spiro atoms. The smallest absolute Gasteiger partial charge is 0.141 e. The van der Waals surface area contributed by atoms with Gasteiger partial charge in [-0.2, -0.15) is 0 Å². The first-order valence-corrected chi connectivity index (χ1v) is 4.83. The molecule has 0 aromatic carbocycles. The Morgan fingerprint density at radius 3 is 3.00 bits per heavy atom. The molecular weight excluding hydrogens is 174 g/mol. The molecule has 0 fully saturated rings. The van der Waals surface area contributed by atoms with Crippen molar-refractivity contribution >= 4 is 0 Å². The van der Waals surface area contributed by atoms with Crippen molar-refractivity contribution in [3.63, 3.8) is 0 Å². The number of hydrogen-bond acceptors (Lipinski definition) is 2. The lowest BCUT2D eigenvalue weighted by molar-refractivity contribution is 0.685. The standard InChI is InChI=1S/C11H13N3/c1-2-7-14-8-6-13-11(14)10-4-3-5-12-9-10/h3-6,8-9H,2,7H2,1H3. The van der Waals surface area contributed by atoms with Crippen LogP contribution < -0.4 is 0 Å². The van der Waals surface area contributed by atoms with Crippen LogP contribution in [0, 0.1) is 0 Å². The molecule has 0 saturated carbocycles. The average molecular weight is 187 g/mol. The Morgan fingerprint density at radius 2 is 2.29 bits per heavy atom. The quantitative estimate of drug-likeness (QED) is 0.738. The van der Waals surface area contributed by atoms with Crippen molar-refractivity contribution < 1.29 is 0 Å². The van der Waals surface area contributed by atoms with Crippen molar-refractivity contribution in [3.8, 4) is 11.4 Å². The summed E-state index contributed by atoms with van der Waals surface area (Å²) in [6, 6.07) is 3.96. The predicted octanol–water partition coefficient (Wildman–Crippen LogP) is 2.36. The van der Waals surface area contributed by atoms with Gasteiger partial charge in [-0.15, -0.1) is 0 Å². The van der Waals surface area contributed by atoms with Gasteiger partial charge in [0.25, 0.3) is 0 Å². The van der Waals surface area contributed by atoms with Gasteiger partial charge in [0, 0.05) is 36.9 Å². The number of aryl methyl sites for hydroxylation is 1. The third-order valence-corrected chi connectivity index (χ3v) is 2.10. The summed E-state index contributed by atoms with van der Waals surface area (Å²) in [6.45, 7) is 3.16. The first kappa shape index (κ1) is 8.94. The van der Waals surface area contributed by atoms with Gasteiger partial charge in [0.1, 0.15) is 5.82 Å². The first-order chi connectivity index (χ1) is 6.92. The maximum absolute atomic E-state index is 4.33. The Hall–Kier alpha value is -1.64. The van der Waals surface area contributed by atoms with Gasteiger partial charge in [-0.3, -0.25) is 4.98 Å². The largest absolute Gasteiger partial charge is 0.331 e. The Bertz CT molecular complexity index is 392. The molecule has 0 unspecified atom stereocenters. The molecule has 3 nitrogen and oxygen atoms in total. The second kappa shape index (κ2) is 4.05. The van der Waals surface area contributed by atoms with Crippen LogP contribution in [0.15, 0.2) is 36.9 Å². The molecule has 72 valence electrons. The van der Waals surface area contributed by atoms with Gasteiger partial charge < -0.3 is 4.57 Å². The number of rotatable bonds is 3. The summed E-state index contributed by atoms with van der Waals surface area (Å²) < 4.78 is 2.15. The third-order valence-electron chi connectivity index (χ3n) is 2.10. The fourth-order valence-corrected chi connectivity index (χ4v) is 1.49. The number of hydrogen-bond donors (Lipinski definition) is 0. The predicted molar refractivity (Wildman–Crippen MR) is 55.7 cm³/mol. The molecule has 2 aromatic heterocycles. The number of aromatic nitrogens is 3. The summed E-state index contributed by atoms with van der Waals surface area (Å²) in [5.41, 5.74) is 1.07. The van der Waals surface area contributed by atoms with E-state index in [0.29, 0.717) is 0 Å². The highest BCUT2D eigenvalue weighted by atomic mass is 15.1. The van der Waals surface area contributed by atoms with E-state index in [-0.39, 0.29) is 0 Å². The van der Waals surface area contributed by atoms with Gasteiger partial charge >= 0.3 is 0 Å². The molecule has 0 atom stereocenters. The van der Waals surface area contributed by atoms with Gasteiger partial charge in [0.2, 0.25) is 0 Å². The number of imidazole rings is 1. The molecule has 3 heteroatoms. The van der Waals surface area contributed by atoms with Crippen LogP contribution in [0.5, 0.6) is 0 Å². The van der Waals surface area contributed by atoms with Crippen LogP contribution in [0.2, 0.25) is 0 Å². The second-order valence-corrected chi connectivity index (χ2v) is 3.19. The van der Waals surface area contributed by atoms with E-state index in [9.17, 15) is 0 Å². The van der Waals surface area contributed by atoms with Gasteiger partial charge in [0.15, 0.2) is 0 Å². The van der Waals surface area contributed by atoms with Crippen molar-refractivity contribution in [1.82, 2.24) is 14.5 Å². The van der Waals surface area contributed by atoms with Crippen molar-refractivity contribution in [1.29, 1.82) is 0 Å². The van der Waals surface area contributed by atoms with Crippen LogP contribution in [0.1, 0.15) is 13.3 Å². The third kappa shape index (κ3) is 1.66. The molecule has 0 bridgehead atoms. The second-order valence-electron chi connectivity index (χ2n) is 3.19. The molecule has 0 radical (unpaired) electrons. The Morgan fingerprint density at radius 1 is 1.36 bits per heavy atom.